The molecular weight excluding hydrogens is 314 g/mol. The molecule has 0 radical (unpaired) electrons. The van der Waals surface area contributed by atoms with Gasteiger partial charge >= 0.3 is 0 Å². The van der Waals surface area contributed by atoms with E-state index in [1.165, 1.54) is 6.33 Å². The molecule has 1 aliphatic heterocycles. The first kappa shape index (κ1) is 14.1. The van der Waals surface area contributed by atoms with Gasteiger partial charge in [0.2, 0.25) is 6.79 Å². The van der Waals surface area contributed by atoms with Crippen molar-refractivity contribution >= 4 is 28.7 Å². The van der Waals surface area contributed by atoms with E-state index in [1.54, 1.807) is 11.8 Å². The van der Waals surface area contributed by atoms with Gasteiger partial charge in [-0.1, -0.05) is 11.8 Å². The fourth-order valence-electron chi connectivity index (χ4n) is 2.53. The molecule has 0 spiro atoms. The first-order valence-electron chi connectivity index (χ1n) is 7.22. The number of benzene rings is 1. The Morgan fingerprint density at radius 1 is 1.26 bits per heavy atom. The second-order valence-electron chi connectivity index (χ2n) is 5.14. The average Bonchev–Trinajstić information content (AvgIpc) is 3.12. The molecule has 23 heavy (non-hydrogen) atoms. The molecule has 118 valence electrons. The topological polar surface area (TPSA) is 88.1 Å². The summed E-state index contributed by atoms with van der Waals surface area (Å²) in [6.45, 7) is 5.11. The maximum Gasteiger partial charge on any atom is 0.231 e. The molecule has 0 aliphatic carbocycles. The number of hydrogen-bond donors (Lipinski definition) is 1. The quantitative estimate of drug-likeness (QED) is 0.790. The third kappa shape index (κ3) is 2.26. The summed E-state index contributed by atoms with van der Waals surface area (Å²) < 4.78 is 12.9. The van der Waals surface area contributed by atoms with Gasteiger partial charge in [0.25, 0.3) is 0 Å². The number of aromatic nitrogens is 4. The van der Waals surface area contributed by atoms with Crippen LogP contribution in [-0.4, -0.2) is 26.3 Å². The number of fused-ring (bicyclic) bond motifs is 2. The van der Waals surface area contributed by atoms with E-state index in [2.05, 4.69) is 21.9 Å². The minimum absolute atomic E-state index is 0.266. The maximum atomic E-state index is 5.92. The molecule has 4 rings (SSSR count). The molecule has 3 heterocycles. The molecule has 0 bridgehead atoms. The number of rotatable bonds is 3. The molecular formula is C15H15N5O2S. The van der Waals surface area contributed by atoms with Gasteiger partial charge in [-0.25, -0.2) is 15.0 Å². The zero-order valence-electron chi connectivity index (χ0n) is 12.7. The molecule has 8 heteroatoms. The highest BCUT2D eigenvalue weighted by Gasteiger charge is 2.19. The molecule has 0 saturated carbocycles. The average molecular weight is 329 g/mol. The first-order valence-corrected chi connectivity index (χ1v) is 8.04. The van der Waals surface area contributed by atoms with Crippen LogP contribution in [-0.2, 0) is 6.54 Å². The largest absolute Gasteiger partial charge is 0.454 e. The van der Waals surface area contributed by atoms with Crippen LogP contribution in [0.4, 0.5) is 5.82 Å². The van der Waals surface area contributed by atoms with E-state index in [1.807, 2.05) is 23.6 Å². The van der Waals surface area contributed by atoms with Gasteiger partial charge in [0.1, 0.15) is 6.33 Å². The van der Waals surface area contributed by atoms with Crippen LogP contribution >= 0.6 is 11.8 Å². The Hall–Kier alpha value is -2.48. The highest BCUT2D eigenvalue weighted by Crippen LogP contribution is 2.40. The van der Waals surface area contributed by atoms with Crippen molar-refractivity contribution in [3.05, 3.63) is 24.0 Å². The van der Waals surface area contributed by atoms with Crippen molar-refractivity contribution < 1.29 is 9.47 Å². The van der Waals surface area contributed by atoms with Crippen molar-refractivity contribution in [2.24, 2.45) is 0 Å². The zero-order valence-corrected chi connectivity index (χ0v) is 13.6. The van der Waals surface area contributed by atoms with Gasteiger partial charge in [-0.05, 0) is 31.5 Å². The Morgan fingerprint density at radius 2 is 2.04 bits per heavy atom. The van der Waals surface area contributed by atoms with E-state index in [-0.39, 0.29) is 6.79 Å². The predicted molar refractivity (Wildman–Crippen MR) is 86.8 cm³/mol. The van der Waals surface area contributed by atoms with Crippen molar-refractivity contribution in [3.63, 3.8) is 0 Å². The van der Waals surface area contributed by atoms with Crippen LogP contribution in [0, 0.1) is 6.92 Å². The van der Waals surface area contributed by atoms with Crippen molar-refractivity contribution in [1.29, 1.82) is 0 Å². The molecule has 0 unspecified atom stereocenters. The Labute approximate surface area is 136 Å². The van der Waals surface area contributed by atoms with E-state index in [0.717, 1.165) is 39.3 Å². The summed E-state index contributed by atoms with van der Waals surface area (Å²) in [6, 6.07) is 3.97. The van der Waals surface area contributed by atoms with Crippen LogP contribution in [0.3, 0.4) is 0 Å². The number of imidazole rings is 1. The second kappa shape index (κ2) is 5.31. The van der Waals surface area contributed by atoms with Gasteiger partial charge < -0.3 is 19.8 Å². The lowest BCUT2D eigenvalue weighted by Gasteiger charge is -2.08. The smallest absolute Gasteiger partial charge is 0.231 e. The van der Waals surface area contributed by atoms with Crippen LogP contribution < -0.4 is 15.2 Å². The predicted octanol–water partition coefficient (Wildman–Crippen LogP) is 2.62. The van der Waals surface area contributed by atoms with Crippen molar-refractivity contribution in [2.45, 2.75) is 30.4 Å². The Kier molecular flexibility index (Phi) is 3.26. The molecule has 1 aromatic carbocycles. The minimum Gasteiger partial charge on any atom is -0.454 e. The molecule has 0 fully saturated rings. The summed E-state index contributed by atoms with van der Waals surface area (Å²) in [4.78, 5) is 14.0. The standard InChI is InChI=1S/C15H15N5O2S/c1-3-20-14-12(13(16)17-6-18-14)19-15(20)23-11-5-10-9(4-8(11)2)21-7-22-10/h4-6H,3,7H2,1-2H3,(H2,16,17,18). The number of ether oxygens (including phenoxy) is 2. The lowest BCUT2D eigenvalue weighted by Crippen LogP contribution is -1.99. The monoisotopic (exact) mass is 329 g/mol. The van der Waals surface area contributed by atoms with Gasteiger partial charge in [0.15, 0.2) is 33.6 Å². The van der Waals surface area contributed by atoms with Crippen LogP contribution in [0.5, 0.6) is 11.5 Å². The Bertz CT molecular complexity index is 909. The minimum atomic E-state index is 0.266. The van der Waals surface area contributed by atoms with Gasteiger partial charge in [-0.3, -0.25) is 0 Å². The van der Waals surface area contributed by atoms with E-state index < -0.39 is 0 Å². The second-order valence-corrected chi connectivity index (χ2v) is 6.15. The summed E-state index contributed by atoms with van der Waals surface area (Å²) in [6.07, 6.45) is 1.46. The van der Waals surface area contributed by atoms with Gasteiger partial charge in [0.05, 0.1) is 0 Å². The summed E-state index contributed by atoms with van der Waals surface area (Å²) >= 11 is 1.56. The molecule has 0 saturated heterocycles. The van der Waals surface area contributed by atoms with Gasteiger partial charge in [-0.2, -0.15) is 0 Å². The lowest BCUT2D eigenvalue weighted by molar-refractivity contribution is 0.174. The number of anilines is 1. The highest BCUT2D eigenvalue weighted by atomic mass is 32.2. The van der Waals surface area contributed by atoms with Crippen LogP contribution in [0.2, 0.25) is 0 Å². The fraction of sp³-hybridized carbons (Fsp3) is 0.267. The van der Waals surface area contributed by atoms with E-state index in [4.69, 9.17) is 15.2 Å². The summed E-state index contributed by atoms with van der Waals surface area (Å²) in [5.74, 6) is 1.94. The molecule has 1 aliphatic rings. The third-order valence-electron chi connectivity index (χ3n) is 3.71. The third-order valence-corrected chi connectivity index (χ3v) is 4.87. The number of aryl methyl sites for hydroxylation is 2. The normalized spacial score (nSPS) is 13.0. The van der Waals surface area contributed by atoms with Gasteiger partial charge in [0, 0.05) is 11.4 Å². The van der Waals surface area contributed by atoms with Crippen LogP contribution in [0.1, 0.15) is 12.5 Å². The Balaban J connectivity index is 1.80. The number of nitrogen functional groups attached to an aromatic ring is 1. The van der Waals surface area contributed by atoms with Crippen LogP contribution in [0.15, 0.2) is 28.5 Å². The highest BCUT2D eigenvalue weighted by molar-refractivity contribution is 7.99. The molecule has 2 N–H and O–H groups in total. The summed E-state index contributed by atoms with van der Waals surface area (Å²) in [5, 5.41) is 0.830. The van der Waals surface area contributed by atoms with Crippen molar-refractivity contribution in [1.82, 2.24) is 19.5 Å². The van der Waals surface area contributed by atoms with Crippen molar-refractivity contribution in [2.75, 3.05) is 12.5 Å². The lowest BCUT2D eigenvalue weighted by atomic mass is 10.2. The van der Waals surface area contributed by atoms with Gasteiger partial charge in [-0.15, -0.1) is 0 Å². The number of hydrogen-bond acceptors (Lipinski definition) is 7. The summed E-state index contributed by atoms with van der Waals surface area (Å²) in [7, 11) is 0. The van der Waals surface area contributed by atoms with E-state index in [9.17, 15) is 0 Å². The summed E-state index contributed by atoms with van der Waals surface area (Å²) in [5.41, 5.74) is 8.41. The Morgan fingerprint density at radius 3 is 2.83 bits per heavy atom. The van der Waals surface area contributed by atoms with Crippen molar-refractivity contribution in [3.8, 4) is 11.5 Å². The molecule has 3 aromatic rings. The number of nitrogens with zero attached hydrogens (tertiary/aromatic N) is 4. The number of nitrogens with two attached hydrogens (primary N) is 1. The first-order chi connectivity index (χ1) is 11.2. The zero-order chi connectivity index (χ0) is 16.0. The molecule has 0 amide bonds. The molecule has 7 nitrogen and oxygen atoms in total. The molecule has 2 aromatic heterocycles. The fourth-order valence-corrected chi connectivity index (χ4v) is 3.58. The molecule has 0 atom stereocenters. The van der Waals surface area contributed by atoms with E-state index >= 15 is 0 Å². The SMILES string of the molecule is CCn1c(Sc2cc3c(cc2C)OCO3)nc2c(N)ncnc21. The van der Waals surface area contributed by atoms with E-state index in [0.29, 0.717) is 11.3 Å². The van der Waals surface area contributed by atoms with Crippen LogP contribution in [0.25, 0.3) is 11.2 Å². The maximum absolute atomic E-state index is 5.92.